The molecule has 22 heteroatoms. The standard InChI is InChI=1S/C34H28O22/c35-14-1-10(2-15(36)23(14)43)30(48)52-9-22-27(47)28(54-31(49)11-3-16(37)24(44)17(38)4-11)29(55-32(50)12-5-18(39)25(45)19(40)6-12)34(53-22)56-33(51)13-7-20(41)26(46)21(42)8-13/h1-8,22,27-29,34-47H,9H2/t22?,27-,28?,29+,34+/m1/s1. The molecule has 0 amide bonds. The first-order chi connectivity index (χ1) is 26.3. The molecule has 0 radical (unpaired) electrons. The number of carbonyl (C=O) groups is 4. The first-order valence-corrected chi connectivity index (χ1v) is 15.4. The van der Waals surface area contributed by atoms with E-state index in [2.05, 4.69) is 0 Å². The third-order valence-corrected chi connectivity index (χ3v) is 7.93. The fourth-order valence-electron chi connectivity index (χ4n) is 5.07. The summed E-state index contributed by atoms with van der Waals surface area (Å²) in [5.41, 5.74) is -2.65. The average molecular weight is 789 g/mol. The molecule has 4 aromatic carbocycles. The number of aliphatic hydroxyl groups is 1. The zero-order valence-electron chi connectivity index (χ0n) is 27.7. The van der Waals surface area contributed by atoms with Gasteiger partial charge in [0.2, 0.25) is 12.4 Å². The second-order valence-corrected chi connectivity index (χ2v) is 11.7. The summed E-state index contributed by atoms with van der Waals surface area (Å²) < 4.78 is 26.7. The van der Waals surface area contributed by atoms with E-state index in [4.69, 9.17) is 23.7 Å². The summed E-state index contributed by atoms with van der Waals surface area (Å²) in [6.07, 6.45) is -11.2. The summed E-state index contributed by atoms with van der Waals surface area (Å²) in [7, 11) is 0. The van der Waals surface area contributed by atoms with Crippen LogP contribution in [-0.2, 0) is 23.7 Å². The molecule has 5 rings (SSSR count). The van der Waals surface area contributed by atoms with Gasteiger partial charge in [0.1, 0.15) is 18.8 Å². The minimum absolute atomic E-state index is 0.555. The molecule has 1 fully saturated rings. The number of benzene rings is 4. The van der Waals surface area contributed by atoms with E-state index in [1.165, 1.54) is 0 Å². The van der Waals surface area contributed by atoms with Crippen LogP contribution in [-0.4, -0.2) is 128 Å². The van der Waals surface area contributed by atoms with E-state index >= 15 is 0 Å². The molecule has 0 bridgehead atoms. The lowest BCUT2D eigenvalue weighted by atomic mass is 9.98. The molecule has 5 atom stereocenters. The van der Waals surface area contributed by atoms with Crippen LogP contribution >= 0.6 is 0 Å². The highest BCUT2D eigenvalue weighted by Gasteiger charge is 2.52. The molecule has 1 saturated heterocycles. The molecule has 0 saturated carbocycles. The Labute approximate surface area is 310 Å². The van der Waals surface area contributed by atoms with E-state index in [0.717, 1.165) is 0 Å². The Morgan fingerprint density at radius 1 is 0.446 bits per heavy atom. The number of rotatable bonds is 9. The molecule has 1 aliphatic heterocycles. The van der Waals surface area contributed by atoms with Crippen LogP contribution in [0.3, 0.4) is 0 Å². The average Bonchev–Trinajstić information content (AvgIpc) is 3.14. The molecule has 1 aliphatic rings. The van der Waals surface area contributed by atoms with Crippen molar-refractivity contribution in [3.05, 3.63) is 70.8 Å². The van der Waals surface area contributed by atoms with Gasteiger partial charge in [-0.2, -0.15) is 0 Å². The number of aromatic hydroxyl groups is 12. The molecule has 296 valence electrons. The topological polar surface area (TPSA) is 377 Å². The number of hydrogen-bond donors (Lipinski definition) is 13. The predicted octanol–water partition coefficient (Wildman–Crippen LogP) is 0.705. The van der Waals surface area contributed by atoms with Gasteiger partial charge in [0.15, 0.2) is 75.1 Å². The Bertz CT molecular complexity index is 2140. The maximum Gasteiger partial charge on any atom is 0.340 e. The lowest BCUT2D eigenvalue weighted by molar-refractivity contribution is -0.283. The Balaban J connectivity index is 1.55. The Hall–Kier alpha value is -7.72. The van der Waals surface area contributed by atoms with Gasteiger partial charge in [-0.25, -0.2) is 19.2 Å². The Morgan fingerprint density at radius 2 is 0.732 bits per heavy atom. The third kappa shape index (κ3) is 7.95. The van der Waals surface area contributed by atoms with Gasteiger partial charge >= 0.3 is 23.9 Å². The zero-order chi connectivity index (χ0) is 41.3. The second kappa shape index (κ2) is 15.3. The van der Waals surface area contributed by atoms with Crippen LogP contribution in [0.1, 0.15) is 41.4 Å². The molecular formula is C34H28O22. The van der Waals surface area contributed by atoms with Gasteiger partial charge < -0.3 is 90.1 Å². The van der Waals surface area contributed by atoms with E-state index in [1.54, 1.807) is 0 Å². The van der Waals surface area contributed by atoms with Gasteiger partial charge in [0.25, 0.3) is 0 Å². The summed E-state index contributed by atoms with van der Waals surface area (Å²) in [6.45, 7) is -1.06. The number of hydrogen-bond acceptors (Lipinski definition) is 22. The number of carbonyl (C=O) groups excluding carboxylic acids is 4. The number of aliphatic hydroxyl groups excluding tert-OH is 1. The number of phenols is 12. The Kier molecular flexibility index (Phi) is 10.8. The third-order valence-electron chi connectivity index (χ3n) is 7.93. The van der Waals surface area contributed by atoms with Crippen LogP contribution in [0.2, 0.25) is 0 Å². The van der Waals surface area contributed by atoms with Crippen LogP contribution < -0.4 is 0 Å². The number of phenolic OH excluding ortho intramolecular Hbond substituents is 12. The molecular weight excluding hydrogens is 760 g/mol. The molecule has 4 aromatic rings. The number of ether oxygens (including phenoxy) is 5. The van der Waals surface area contributed by atoms with E-state index in [0.29, 0.717) is 48.5 Å². The Morgan fingerprint density at radius 3 is 1.07 bits per heavy atom. The van der Waals surface area contributed by atoms with Crippen LogP contribution in [0.15, 0.2) is 48.5 Å². The SMILES string of the molecule is O=C(OCC1O[C@@H](OC(=O)c2cc(O)c(O)c(O)c2)[C@@H](OC(=O)c2cc(O)c(O)c(O)c2)C(OC(=O)c2cc(O)c(O)c(O)c2)[C@@H]1O)c1cc(O)c(O)c(O)c1. The summed E-state index contributed by atoms with van der Waals surface area (Å²) >= 11 is 0. The summed E-state index contributed by atoms with van der Waals surface area (Å²) in [5.74, 6) is -18.1. The summed E-state index contributed by atoms with van der Waals surface area (Å²) in [4.78, 5) is 52.9. The van der Waals surface area contributed by atoms with Gasteiger partial charge in [-0.15, -0.1) is 0 Å². The van der Waals surface area contributed by atoms with Gasteiger partial charge in [-0.3, -0.25) is 0 Å². The van der Waals surface area contributed by atoms with Gasteiger partial charge in [0, 0.05) is 0 Å². The number of esters is 4. The van der Waals surface area contributed by atoms with Crippen molar-refractivity contribution >= 4 is 23.9 Å². The lowest BCUT2D eigenvalue weighted by Gasteiger charge is -2.42. The van der Waals surface area contributed by atoms with Crippen molar-refractivity contribution in [1.29, 1.82) is 0 Å². The molecule has 2 unspecified atom stereocenters. The predicted molar refractivity (Wildman–Crippen MR) is 175 cm³/mol. The maximum atomic E-state index is 13.4. The monoisotopic (exact) mass is 788 g/mol. The van der Waals surface area contributed by atoms with Crippen molar-refractivity contribution in [3.8, 4) is 69.0 Å². The molecule has 13 N–H and O–H groups in total. The van der Waals surface area contributed by atoms with E-state index in [9.17, 15) is 85.6 Å². The summed E-state index contributed by atoms with van der Waals surface area (Å²) in [5, 5.41) is 129. The maximum absolute atomic E-state index is 13.4. The van der Waals surface area contributed by atoms with Crippen LogP contribution in [0, 0.1) is 0 Å². The van der Waals surface area contributed by atoms with Crippen molar-refractivity contribution < 1.29 is 109 Å². The van der Waals surface area contributed by atoms with E-state index < -0.39 is 152 Å². The summed E-state index contributed by atoms with van der Waals surface area (Å²) in [6, 6.07) is 5.01. The van der Waals surface area contributed by atoms with Crippen molar-refractivity contribution in [2.75, 3.05) is 6.61 Å². The lowest BCUT2D eigenvalue weighted by Crippen LogP contribution is -2.62. The smallest absolute Gasteiger partial charge is 0.340 e. The van der Waals surface area contributed by atoms with Crippen LogP contribution in [0.25, 0.3) is 0 Å². The molecule has 0 aliphatic carbocycles. The van der Waals surface area contributed by atoms with E-state index in [1.807, 2.05) is 0 Å². The minimum Gasteiger partial charge on any atom is -0.504 e. The second-order valence-electron chi connectivity index (χ2n) is 11.7. The van der Waals surface area contributed by atoms with Gasteiger partial charge in [0.05, 0.1) is 22.3 Å². The van der Waals surface area contributed by atoms with E-state index in [-0.39, 0.29) is 0 Å². The highest BCUT2D eigenvalue weighted by atomic mass is 16.7. The molecule has 0 spiro atoms. The quantitative estimate of drug-likeness (QED) is 0.0630. The highest BCUT2D eigenvalue weighted by molar-refractivity contribution is 5.93. The fraction of sp³-hybridized carbons (Fsp3) is 0.176. The zero-order valence-corrected chi connectivity index (χ0v) is 27.7. The first-order valence-electron chi connectivity index (χ1n) is 15.4. The molecule has 22 nitrogen and oxygen atoms in total. The molecule has 56 heavy (non-hydrogen) atoms. The van der Waals surface area contributed by atoms with Crippen LogP contribution in [0.4, 0.5) is 0 Å². The largest absolute Gasteiger partial charge is 0.504 e. The van der Waals surface area contributed by atoms with Crippen molar-refractivity contribution in [1.82, 2.24) is 0 Å². The first kappa shape index (κ1) is 39.5. The van der Waals surface area contributed by atoms with Crippen LogP contribution in [0.5, 0.6) is 69.0 Å². The van der Waals surface area contributed by atoms with Crippen molar-refractivity contribution in [2.45, 2.75) is 30.7 Å². The van der Waals surface area contributed by atoms with Crippen molar-refractivity contribution in [3.63, 3.8) is 0 Å². The highest BCUT2D eigenvalue weighted by Crippen LogP contribution is 2.40. The van der Waals surface area contributed by atoms with Gasteiger partial charge in [-0.1, -0.05) is 0 Å². The fourth-order valence-corrected chi connectivity index (χ4v) is 5.07. The van der Waals surface area contributed by atoms with Crippen molar-refractivity contribution in [2.24, 2.45) is 0 Å². The molecule has 0 aromatic heterocycles. The normalized spacial score (nSPS) is 19.1. The minimum atomic E-state index is -2.36. The molecule has 1 heterocycles. The van der Waals surface area contributed by atoms with Gasteiger partial charge in [-0.05, 0) is 48.5 Å².